The Balaban J connectivity index is 3.31. The summed E-state index contributed by atoms with van der Waals surface area (Å²) < 4.78 is 13.3. The van der Waals surface area contributed by atoms with E-state index in [1.165, 1.54) is 19.1 Å². The molecule has 0 aliphatic carbocycles. The van der Waals surface area contributed by atoms with Crippen molar-refractivity contribution in [1.29, 1.82) is 0 Å². The zero-order valence-corrected chi connectivity index (χ0v) is 7.30. The minimum Gasteiger partial charge on any atom is -0.386 e. The molecule has 0 aliphatic rings. The summed E-state index contributed by atoms with van der Waals surface area (Å²) in [5, 5.41) is 13.0. The van der Waals surface area contributed by atoms with Crippen LogP contribution in [0.2, 0.25) is 0 Å². The van der Waals surface area contributed by atoms with E-state index in [-0.39, 0.29) is 16.9 Å². The Morgan fingerprint density at radius 1 is 1.54 bits per heavy atom. The molecular formula is C8H9FN2O2. The van der Waals surface area contributed by atoms with Crippen molar-refractivity contribution in [2.75, 3.05) is 12.4 Å². The van der Waals surface area contributed by atoms with Gasteiger partial charge in [0.2, 0.25) is 0 Å². The minimum absolute atomic E-state index is 0.0526. The van der Waals surface area contributed by atoms with Gasteiger partial charge in [-0.25, -0.2) is 4.39 Å². The second-order valence-electron chi connectivity index (χ2n) is 2.58. The summed E-state index contributed by atoms with van der Waals surface area (Å²) >= 11 is 0. The van der Waals surface area contributed by atoms with Crippen LogP contribution < -0.4 is 5.32 Å². The lowest BCUT2D eigenvalue weighted by atomic mass is 10.1. The smallest absolute Gasteiger partial charge is 0.275 e. The molecule has 0 unspecified atom stereocenters. The molecule has 0 saturated carbocycles. The molecule has 0 radical (unpaired) electrons. The molecule has 70 valence electrons. The zero-order valence-electron chi connectivity index (χ0n) is 7.30. The summed E-state index contributed by atoms with van der Waals surface area (Å²) in [7, 11) is 1.56. The van der Waals surface area contributed by atoms with E-state index in [2.05, 4.69) is 5.32 Å². The van der Waals surface area contributed by atoms with Crippen molar-refractivity contribution in [3.8, 4) is 0 Å². The molecule has 5 heteroatoms. The monoisotopic (exact) mass is 184 g/mol. The molecule has 4 nitrogen and oxygen atoms in total. The first kappa shape index (κ1) is 9.44. The highest BCUT2D eigenvalue weighted by Crippen LogP contribution is 2.25. The number of benzene rings is 1. The minimum atomic E-state index is -0.599. The summed E-state index contributed by atoms with van der Waals surface area (Å²) in [4.78, 5) is 9.79. The molecule has 0 aromatic heterocycles. The van der Waals surface area contributed by atoms with Gasteiger partial charge in [-0.05, 0) is 13.0 Å². The van der Waals surface area contributed by atoms with E-state index in [0.717, 1.165) is 0 Å². The molecule has 1 rings (SSSR count). The summed E-state index contributed by atoms with van der Waals surface area (Å²) in [6.07, 6.45) is 0. The molecule has 1 aromatic carbocycles. The van der Waals surface area contributed by atoms with Gasteiger partial charge in [0.05, 0.1) is 16.2 Å². The van der Waals surface area contributed by atoms with Gasteiger partial charge in [-0.2, -0.15) is 0 Å². The van der Waals surface area contributed by atoms with Gasteiger partial charge in [-0.1, -0.05) is 0 Å². The molecule has 1 N–H and O–H groups in total. The van der Waals surface area contributed by atoms with Crippen LogP contribution in [0.3, 0.4) is 0 Å². The number of nitro groups is 1. The standard InChI is InChI=1S/C8H9FN2O2/c1-5-7(11(12)13)4-3-6(10-2)8(5)9/h3-4,10H,1-2H3. The third-order valence-corrected chi connectivity index (χ3v) is 1.82. The van der Waals surface area contributed by atoms with Crippen LogP contribution in [-0.4, -0.2) is 12.0 Å². The van der Waals surface area contributed by atoms with Crippen LogP contribution in [0, 0.1) is 22.9 Å². The Hall–Kier alpha value is -1.65. The van der Waals surface area contributed by atoms with E-state index in [0.29, 0.717) is 0 Å². The van der Waals surface area contributed by atoms with Crippen LogP contribution in [0.4, 0.5) is 15.8 Å². The van der Waals surface area contributed by atoms with Crippen LogP contribution in [0.25, 0.3) is 0 Å². The summed E-state index contributed by atoms with van der Waals surface area (Å²) in [6.45, 7) is 1.38. The average Bonchev–Trinajstić information content (AvgIpc) is 2.09. The number of nitrogens with zero attached hydrogens (tertiary/aromatic N) is 1. The highest BCUT2D eigenvalue weighted by atomic mass is 19.1. The average molecular weight is 184 g/mol. The van der Waals surface area contributed by atoms with Crippen LogP contribution in [0.1, 0.15) is 5.56 Å². The van der Waals surface area contributed by atoms with Crippen LogP contribution in [-0.2, 0) is 0 Å². The van der Waals surface area contributed by atoms with Gasteiger partial charge >= 0.3 is 0 Å². The maximum Gasteiger partial charge on any atom is 0.275 e. The first-order chi connectivity index (χ1) is 6.07. The van der Waals surface area contributed by atoms with Crippen molar-refractivity contribution in [2.45, 2.75) is 6.92 Å². The molecule has 0 amide bonds. The van der Waals surface area contributed by atoms with Crippen molar-refractivity contribution < 1.29 is 9.31 Å². The highest BCUT2D eigenvalue weighted by molar-refractivity contribution is 5.54. The van der Waals surface area contributed by atoms with Gasteiger partial charge in [0.25, 0.3) is 5.69 Å². The highest BCUT2D eigenvalue weighted by Gasteiger charge is 2.16. The molecule has 0 bridgehead atoms. The Morgan fingerprint density at radius 3 is 2.62 bits per heavy atom. The van der Waals surface area contributed by atoms with Gasteiger partial charge in [-0.3, -0.25) is 10.1 Å². The fraction of sp³-hybridized carbons (Fsp3) is 0.250. The van der Waals surface area contributed by atoms with Crippen LogP contribution in [0.5, 0.6) is 0 Å². The quantitative estimate of drug-likeness (QED) is 0.565. The Morgan fingerprint density at radius 2 is 2.15 bits per heavy atom. The third kappa shape index (κ3) is 1.58. The number of hydrogen-bond donors (Lipinski definition) is 1. The predicted octanol–water partition coefficient (Wildman–Crippen LogP) is 2.08. The molecule has 0 atom stereocenters. The number of nitrogens with one attached hydrogen (secondary N) is 1. The van der Waals surface area contributed by atoms with Crippen LogP contribution in [0.15, 0.2) is 12.1 Å². The lowest BCUT2D eigenvalue weighted by Gasteiger charge is -2.04. The van der Waals surface area contributed by atoms with Crippen molar-refractivity contribution in [3.63, 3.8) is 0 Å². The van der Waals surface area contributed by atoms with E-state index in [4.69, 9.17) is 0 Å². The Kier molecular flexibility index (Phi) is 2.46. The molecule has 0 aliphatic heterocycles. The molecule has 0 fully saturated rings. The first-order valence-electron chi connectivity index (χ1n) is 3.69. The molecule has 0 spiro atoms. The number of halogens is 1. The van der Waals surface area contributed by atoms with E-state index < -0.39 is 10.7 Å². The summed E-state index contributed by atoms with van der Waals surface area (Å²) in [5.74, 6) is -0.572. The number of anilines is 1. The molecule has 0 saturated heterocycles. The van der Waals surface area contributed by atoms with Crippen molar-refractivity contribution >= 4 is 11.4 Å². The number of nitro benzene ring substituents is 1. The lowest BCUT2D eigenvalue weighted by Crippen LogP contribution is -1.99. The van der Waals surface area contributed by atoms with Crippen molar-refractivity contribution in [2.24, 2.45) is 0 Å². The van der Waals surface area contributed by atoms with E-state index >= 15 is 0 Å². The molecule has 1 aromatic rings. The number of hydrogen-bond acceptors (Lipinski definition) is 3. The second-order valence-corrected chi connectivity index (χ2v) is 2.58. The second kappa shape index (κ2) is 3.38. The molecular weight excluding hydrogens is 175 g/mol. The largest absolute Gasteiger partial charge is 0.386 e. The van der Waals surface area contributed by atoms with Gasteiger partial charge in [0.15, 0.2) is 5.82 Å². The van der Waals surface area contributed by atoms with Gasteiger partial charge in [-0.15, -0.1) is 0 Å². The fourth-order valence-corrected chi connectivity index (χ4v) is 1.07. The lowest BCUT2D eigenvalue weighted by molar-refractivity contribution is -0.385. The van der Waals surface area contributed by atoms with Crippen LogP contribution >= 0.6 is 0 Å². The van der Waals surface area contributed by atoms with E-state index in [1.54, 1.807) is 7.05 Å². The first-order valence-corrected chi connectivity index (χ1v) is 3.69. The Labute approximate surface area is 74.5 Å². The van der Waals surface area contributed by atoms with Gasteiger partial charge in [0, 0.05) is 13.1 Å². The maximum atomic E-state index is 13.3. The maximum absolute atomic E-state index is 13.3. The topological polar surface area (TPSA) is 55.2 Å². The summed E-state index contributed by atoms with van der Waals surface area (Å²) in [6, 6.07) is 2.63. The normalized spacial score (nSPS) is 9.77. The molecule has 0 heterocycles. The van der Waals surface area contributed by atoms with E-state index in [9.17, 15) is 14.5 Å². The SMILES string of the molecule is CNc1ccc([N+](=O)[O-])c(C)c1F. The third-order valence-electron chi connectivity index (χ3n) is 1.82. The van der Waals surface area contributed by atoms with E-state index in [1.807, 2.05) is 0 Å². The van der Waals surface area contributed by atoms with Gasteiger partial charge in [0.1, 0.15) is 0 Å². The molecule has 13 heavy (non-hydrogen) atoms. The summed E-state index contributed by atoms with van der Waals surface area (Å²) in [5.41, 5.74) is 0.122. The number of rotatable bonds is 2. The van der Waals surface area contributed by atoms with Crippen molar-refractivity contribution in [1.82, 2.24) is 0 Å². The Bertz CT molecular complexity index is 352. The predicted molar refractivity (Wildman–Crippen MR) is 47.3 cm³/mol. The fourth-order valence-electron chi connectivity index (χ4n) is 1.07. The van der Waals surface area contributed by atoms with Gasteiger partial charge < -0.3 is 5.32 Å². The van der Waals surface area contributed by atoms with Crippen molar-refractivity contribution in [3.05, 3.63) is 33.6 Å². The zero-order chi connectivity index (χ0) is 10.0.